The van der Waals surface area contributed by atoms with E-state index in [9.17, 15) is 20.2 Å². The Morgan fingerprint density at radius 2 is 1.73 bits per heavy atom. The first-order chi connectivity index (χ1) is 12.3. The summed E-state index contributed by atoms with van der Waals surface area (Å²) in [6.07, 6.45) is 0.620. The number of rotatable bonds is 7. The van der Waals surface area contributed by atoms with E-state index >= 15 is 0 Å². The molecule has 0 aliphatic rings. The predicted molar refractivity (Wildman–Crippen MR) is 101 cm³/mol. The fourth-order valence-electron chi connectivity index (χ4n) is 2.42. The Balaban J connectivity index is 2.31. The van der Waals surface area contributed by atoms with Crippen LogP contribution in [0.5, 0.6) is 0 Å². The molecule has 0 aliphatic heterocycles. The van der Waals surface area contributed by atoms with E-state index in [0.29, 0.717) is 12.3 Å². The summed E-state index contributed by atoms with van der Waals surface area (Å²) in [4.78, 5) is 20.6. The molecule has 2 rings (SSSR count). The van der Waals surface area contributed by atoms with Crippen molar-refractivity contribution < 1.29 is 9.85 Å². The third-order valence-electron chi connectivity index (χ3n) is 3.95. The molecule has 1 N–H and O–H groups in total. The maximum atomic E-state index is 11.2. The van der Waals surface area contributed by atoms with Crippen LogP contribution in [0.15, 0.2) is 47.6 Å². The second-order valence-electron chi connectivity index (χ2n) is 6.02. The molecule has 2 aromatic rings. The minimum absolute atomic E-state index is 0.102. The molecule has 0 atom stereocenters. The van der Waals surface area contributed by atoms with E-state index in [4.69, 9.17) is 0 Å². The Labute approximate surface area is 150 Å². The molecule has 136 valence electrons. The lowest BCUT2D eigenvalue weighted by Gasteiger charge is -2.09. The summed E-state index contributed by atoms with van der Waals surface area (Å²) in [5.74, 6) is 0.423. The van der Waals surface area contributed by atoms with Gasteiger partial charge in [0, 0.05) is 6.07 Å². The first-order valence-corrected chi connectivity index (χ1v) is 8.19. The van der Waals surface area contributed by atoms with Crippen LogP contribution >= 0.6 is 0 Å². The molecule has 0 saturated carbocycles. The van der Waals surface area contributed by atoms with Crippen LogP contribution in [0.25, 0.3) is 0 Å². The molecule has 0 unspecified atom stereocenters. The average Bonchev–Trinajstić information content (AvgIpc) is 2.62. The van der Waals surface area contributed by atoms with Gasteiger partial charge in [-0.1, -0.05) is 45.0 Å². The first kappa shape index (κ1) is 19.0. The molecule has 0 heterocycles. The molecule has 2 aromatic carbocycles. The van der Waals surface area contributed by atoms with E-state index in [0.717, 1.165) is 17.3 Å². The van der Waals surface area contributed by atoms with Crippen LogP contribution in [0.1, 0.15) is 44.2 Å². The Hall–Kier alpha value is -3.29. The summed E-state index contributed by atoms with van der Waals surface area (Å²) in [5.41, 5.74) is 4.89. The molecule has 0 aliphatic carbocycles. The minimum atomic E-state index is -0.673. The zero-order chi connectivity index (χ0) is 19.3. The molecular weight excluding hydrogens is 336 g/mol. The Bertz CT molecular complexity index is 845. The second kappa shape index (κ2) is 8.19. The van der Waals surface area contributed by atoms with Gasteiger partial charge in [0.1, 0.15) is 5.69 Å². The third-order valence-corrected chi connectivity index (χ3v) is 3.95. The van der Waals surface area contributed by atoms with Crippen LogP contribution < -0.4 is 5.43 Å². The van der Waals surface area contributed by atoms with E-state index in [1.165, 1.54) is 17.7 Å². The first-order valence-electron chi connectivity index (χ1n) is 8.19. The molecule has 8 heteroatoms. The van der Waals surface area contributed by atoms with Gasteiger partial charge in [-0.15, -0.1) is 0 Å². The maximum absolute atomic E-state index is 11.2. The number of nitrogens with one attached hydrogen (secondary N) is 1. The van der Waals surface area contributed by atoms with E-state index in [1.54, 1.807) is 0 Å². The van der Waals surface area contributed by atoms with Crippen LogP contribution in [0.2, 0.25) is 0 Å². The van der Waals surface area contributed by atoms with E-state index in [1.807, 2.05) is 31.2 Å². The zero-order valence-corrected chi connectivity index (χ0v) is 14.8. The Morgan fingerprint density at radius 1 is 1.08 bits per heavy atom. The summed E-state index contributed by atoms with van der Waals surface area (Å²) in [7, 11) is 0. The monoisotopic (exact) mass is 356 g/mol. The van der Waals surface area contributed by atoms with Gasteiger partial charge in [0.25, 0.3) is 5.69 Å². The number of nitro benzene ring substituents is 2. The molecule has 26 heavy (non-hydrogen) atoms. The standard InChI is InChI=1S/C18H20N4O4/c1-4-16(14-7-5-13(6-8-14)12(2)3)19-20-17-10-9-15(21(23)24)11-18(17)22(25)26/h5-12,20H,4H2,1-3H3. The topological polar surface area (TPSA) is 111 Å². The number of non-ortho nitro benzene ring substituents is 1. The molecule has 0 amide bonds. The van der Waals surface area contributed by atoms with Crippen molar-refractivity contribution in [2.75, 3.05) is 5.43 Å². The van der Waals surface area contributed by atoms with Crippen LogP contribution in [0.3, 0.4) is 0 Å². The lowest BCUT2D eigenvalue weighted by molar-refractivity contribution is -0.393. The van der Waals surface area contributed by atoms with Crippen molar-refractivity contribution in [3.63, 3.8) is 0 Å². The number of nitrogens with zero attached hydrogens (tertiary/aromatic N) is 3. The van der Waals surface area contributed by atoms with Gasteiger partial charge in [0.05, 0.1) is 21.6 Å². The van der Waals surface area contributed by atoms with Crippen LogP contribution in [-0.4, -0.2) is 15.6 Å². The van der Waals surface area contributed by atoms with E-state index < -0.39 is 15.5 Å². The summed E-state index contributed by atoms with van der Waals surface area (Å²) >= 11 is 0. The third kappa shape index (κ3) is 4.41. The molecule has 8 nitrogen and oxygen atoms in total. The minimum Gasteiger partial charge on any atom is -0.271 e. The van der Waals surface area contributed by atoms with Crippen molar-refractivity contribution in [1.29, 1.82) is 0 Å². The smallest absolute Gasteiger partial charge is 0.271 e. The summed E-state index contributed by atoms with van der Waals surface area (Å²) < 4.78 is 0. The normalized spacial score (nSPS) is 11.5. The summed E-state index contributed by atoms with van der Waals surface area (Å²) in [6, 6.07) is 11.4. The fraction of sp³-hybridized carbons (Fsp3) is 0.278. The molecule has 0 spiro atoms. The van der Waals surface area contributed by atoms with Gasteiger partial charge < -0.3 is 0 Å². The van der Waals surface area contributed by atoms with Gasteiger partial charge in [0.2, 0.25) is 0 Å². The molecular formula is C18H20N4O4. The number of hydrazone groups is 1. The van der Waals surface area contributed by atoms with Crippen LogP contribution in [0, 0.1) is 20.2 Å². The summed E-state index contributed by atoms with van der Waals surface area (Å²) in [5, 5.41) is 26.2. The Morgan fingerprint density at radius 3 is 2.23 bits per heavy atom. The Kier molecular flexibility index (Phi) is 6.00. The molecule has 0 bridgehead atoms. The van der Waals surface area contributed by atoms with Crippen molar-refractivity contribution >= 4 is 22.8 Å². The van der Waals surface area contributed by atoms with Crippen LogP contribution in [0.4, 0.5) is 17.1 Å². The quantitative estimate of drug-likeness (QED) is 0.433. The molecule has 0 aromatic heterocycles. The highest BCUT2D eigenvalue weighted by atomic mass is 16.6. The van der Waals surface area contributed by atoms with E-state index in [2.05, 4.69) is 24.4 Å². The van der Waals surface area contributed by atoms with Gasteiger partial charge >= 0.3 is 5.69 Å². The molecule has 0 radical (unpaired) electrons. The van der Waals surface area contributed by atoms with Crippen LogP contribution in [-0.2, 0) is 0 Å². The SMILES string of the molecule is CCC(=NNc1ccc([N+](=O)[O-])cc1[N+](=O)[O-])c1ccc(C(C)C)cc1. The number of nitro groups is 2. The fourth-order valence-corrected chi connectivity index (χ4v) is 2.42. The van der Waals surface area contributed by atoms with Gasteiger partial charge in [-0.3, -0.25) is 25.7 Å². The number of hydrogen-bond acceptors (Lipinski definition) is 6. The highest BCUT2D eigenvalue weighted by Crippen LogP contribution is 2.29. The average molecular weight is 356 g/mol. The molecule has 0 fully saturated rings. The lowest BCUT2D eigenvalue weighted by atomic mass is 10.00. The van der Waals surface area contributed by atoms with Gasteiger partial charge in [-0.05, 0) is 29.5 Å². The van der Waals surface area contributed by atoms with E-state index in [-0.39, 0.29) is 11.4 Å². The molecule has 0 saturated heterocycles. The highest BCUT2D eigenvalue weighted by Gasteiger charge is 2.19. The van der Waals surface area contributed by atoms with Crippen molar-refractivity contribution in [3.05, 3.63) is 73.8 Å². The lowest BCUT2D eigenvalue weighted by Crippen LogP contribution is -2.05. The van der Waals surface area contributed by atoms with Gasteiger partial charge in [0.15, 0.2) is 0 Å². The number of benzene rings is 2. The summed E-state index contributed by atoms with van der Waals surface area (Å²) in [6.45, 7) is 6.15. The second-order valence-corrected chi connectivity index (χ2v) is 6.02. The van der Waals surface area contributed by atoms with Crippen molar-refractivity contribution in [2.45, 2.75) is 33.1 Å². The van der Waals surface area contributed by atoms with Crippen molar-refractivity contribution in [2.24, 2.45) is 5.10 Å². The van der Waals surface area contributed by atoms with Gasteiger partial charge in [-0.25, -0.2) is 0 Å². The maximum Gasteiger partial charge on any atom is 0.301 e. The highest BCUT2D eigenvalue weighted by molar-refractivity contribution is 6.00. The zero-order valence-electron chi connectivity index (χ0n) is 14.8. The predicted octanol–water partition coefficient (Wildman–Crippen LogP) is 4.85. The van der Waals surface area contributed by atoms with Crippen molar-refractivity contribution in [1.82, 2.24) is 0 Å². The van der Waals surface area contributed by atoms with Gasteiger partial charge in [-0.2, -0.15) is 5.10 Å². The largest absolute Gasteiger partial charge is 0.301 e. The number of hydrogen-bond donors (Lipinski definition) is 1. The number of anilines is 1. The van der Waals surface area contributed by atoms with Crippen molar-refractivity contribution in [3.8, 4) is 0 Å².